The summed E-state index contributed by atoms with van der Waals surface area (Å²) >= 11 is 3.56. The van der Waals surface area contributed by atoms with E-state index in [4.69, 9.17) is 9.47 Å². The second kappa shape index (κ2) is 5.34. The molecule has 0 saturated carbocycles. The summed E-state index contributed by atoms with van der Waals surface area (Å²) in [7, 11) is 0. The number of fused-ring (bicyclic) bond motifs is 1. The summed E-state index contributed by atoms with van der Waals surface area (Å²) in [6.45, 7) is 4.30. The van der Waals surface area contributed by atoms with E-state index in [9.17, 15) is 9.59 Å². The van der Waals surface area contributed by atoms with Crippen LogP contribution in [-0.2, 0) is 9.59 Å². The number of nitrogens with one attached hydrogen (secondary N) is 1. The number of halogens is 1. The molecule has 1 atom stereocenters. The second-order valence-corrected chi connectivity index (χ2v) is 8.22. The van der Waals surface area contributed by atoms with Gasteiger partial charge in [-0.3, -0.25) is 9.59 Å². The van der Waals surface area contributed by atoms with E-state index in [1.165, 1.54) is 0 Å². The molecule has 24 heavy (non-hydrogen) atoms. The molecule has 0 unspecified atom stereocenters. The summed E-state index contributed by atoms with van der Waals surface area (Å²) < 4.78 is 11.7. The Labute approximate surface area is 148 Å². The summed E-state index contributed by atoms with van der Waals surface area (Å²) in [6.07, 6.45) is 1.47. The van der Waals surface area contributed by atoms with Crippen molar-refractivity contribution in [1.29, 1.82) is 0 Å². The number of hydrogen-bond donors (Lipinski definition) is 1. The number of benzene rings is 1. The van der Waals surface area contributed by atoms with Crippen LogP contribution in [0.15, 0.2) is 27.9 Å². The maximum atomic E-state index is 12.8. The van der Waals surface area contributed by atoms with Gasteiger partial charge in [0.15, 0.2) is 17.3 Å². The third-order valence-corrected chi connectivity index (χ3v) is 5.50. The maximum Gasteiger partial charge on any atom is 0.231 e. The van der Waals surface area contributed by atoms with Gasteiger partial charge in [0.2, 0.25) is 12.7 Å². The minimum absolute atomic E-state index is 0.0474. The van der Waals surface area contributed by atoms with Gasteiger partial charge in [-0.25, -0.2) is 0 Å². The molecule has 3 aliphatic rings. The van der Waals surface area contributed by atoms with Crippen LogP contribution < -0.4 is 14.8 Å². The lowest BCUT2D eigenvalue weighted by Gasteiger charge is -2.38. The van der Waals surface area contributed by atoms with E-state index >= 15 is 0 Å². The van der Waals surface area contributed by atoms with Crippen LogP contribution in [0.3, 0.4) is 0 Å². The van der Waals surface area contributed by atoms with Crippen LogP contribution in [0.1, 0.15) is 44.6 Å². The van der Waals surface area contributed by atoms with Crippen molar-refractivity contribution < 1.29 is 19.1 Å². The molecule has 1 aromatic carbocycles. The van der Waals surface area contributed by atoms with Gasteiger partial charge >= 0.3 is 0 Å². The van der Waals surface area contributed by atoms with E-state index in [2.05, 4.69) is 35.1 Å². The van der Waals surface area contributed by atoms with Crippen molar-refractivity contribution in [2.75, 3.05) is 6.79 Å². The Bertz CT molecular complexity index is 796. The lowest BCUT2D eigenvalue weighted by atomic mass is 9.70. The van der Waals surface area contributed by atoms with E-state index in [1.54, 1.807) is 0 Å². The largest absolute Gasteiger partial charge is 0.454 e. The summed E-state index contributed by atoms with van der Waals surface area (Å²) in [5.41, 5.74) is 2.29. The molecule has 0 fully saturated rings. The molecule has 0 saturated heterocycles. The number of carbonyl (C=O) groups excluding carboxylic acids is 2. The highest BCUT2D eigenvalue weighted by molar-refractivity contribution is 9.10. The van der Waals surface area contributed by atoms with Gasteiger partial charge in [-0.15, -0.1) is 0 Å². The highest BCUT2D eigenvalue weighted by Gasteiger charge is 2.41. The van der Waals surface area contributed by atoms with Gasteiger partial charge in [-0.2, -0.15) is 0 Å². The molecule has 1 N–H and O–H groups in total. The number of ketones is 1. The minimum Gasteiger partial charge on any atom is -0.454 e. The fourth-order valence-corrected chi connectivity index (χ4v) is 4.42. The zero-order valence-corrected chi connectivity index (χ0v) is 15.2. The monoisotopic (exact) mass is 391 g/mol. The van der Waals surface area contributed by atoms with Crippen LogP contribution >= 0.6 is 15.9 Å². The van der Waals surface area contributed by atoms with E-state index in [0.717, 1.165) is 21.3 Å². The normalized spacial score (nSPS) is 24.7. The van der Waals surface area contributed by atoms with Crippen molar-refractivity contribution in [3.05, 3.63) is 33.4 Å². The zero-order chi connectivity index (χ0) is 17.1. The number of Topliss-reactive ketones (excluding diaryl/α,β-unsaturated/α-hetero) is 1. The van der Waals surface area contributed by atoms with Gasteiger partial charge < -0.3 is 14.8 Å². The predicted molar refractivity (Wildman–Crippen MR) is 90.8 cm³/mol. The molecular weight excluding hydrogens is 374 g/mol. The zero-order valence-electron chi connectivity index (χ0n) is 13.6. The van der Waals surface area contributed by atoms with Gasteiger partial charge in [0.25, 0.3) is 0 Å². The Morgan fingerprint density at radius 1 is 1.17 bits per heavy atom. The molecule has 2 aliphatic heterocycles. The second-order valence-electron chi connectivity index (χ2n) is 7.37. The molecular formula is C18H18BrNO4. The highest BCUT2D eigenvalue weighted by atomic mass is 79.9. The molecule has 1 aromatic rings. The molecule has 2 heterocycles. The van der Waals surface area contributed by atoms with Gasteiger partial charge in [-0.1, -0.05) is 29.8 Å². The maximum absolute atomic E-state index is 12.8. The van der Waals surface area contributed by atoms with E-state index < -0.39 is 0 Å². The molecule has 0 spiro atoms. The van der Waals surface area contributed by atoms with Crippen LogP contribution in [0.2, 0.25) is 0 Å². The van der Waals surface area contributed by atoms with Crippen LogP contribution in [0, 0.1) is 5.41 Å². The molecule has 126 valence electrons. The van der Waals surface area contributed by atoms with E-state index in [0.29, 0.717) is 24.3 Å². The quantitative estimate of drug-likeness (QED) is 0.796. The first-order valence-corrected chi connectivity index (χ1v) is 8.78. The molecule has 6 heteroatoms. The van der Waals surface area contributed by atoms with Gasteiger partial charge in [-0.05, 0) is 29.5 Å². The van der Waals surface area contributed by atoms with Gasteiger partial charge in [0, 0.05) is 34.5 Å². The number of ether oxygens (including phenoxy) is 2. The Morgan fingerprint density at radius 3 is 2.62 bits per heavy atom. The Hall–Kier alpha value is -1.82. The first kappa shape index (κ1) is 15.7. The Morgan fingerprint density at radius 2 is 1.88 bits per heavy atom. The van der Waals surface area contributed by atoms with Crippen molar-refractivity contribution in [2.24, 2.45) is 5.41 Å². The van der Waals surface area contributed by atoms with E-state index in [-0.39, 0.29) is 36.2 Å². The smallest absolute Gasteiger partial charge is 0.231 e. The fourth-order valence-electron chi connectivity index (χ4n) is 3.82. The summed E-state index contributed by atoms with van der Waals surface area (Å²) in [5, 5.41) is 2.92. The van der Waals surface area contributed by atoms with Crippen molar-refractivity contribution >= 4 is 27.6 Å². The Balaban J connectivity index is 1.83. The van der Waals surface area contributed by atoms with Gasteiger partial charge in [0.05, 0.1) is 0 Å². The summed E-state index contributed by atoms with van der Waals surface area (Å²) in [6, 6.07) is 3.73. The number of rotatable bonds is 1. The predicted octanol–water partition coefficient (Wildman–Crippen LogP) is 3.42. The number of amides is 1. The molecule has 0 bridgehead atoms. The third-order valence-electron chi connectivity index (χ3n) is 4.82. The number of allylic oxidation sites excluding steroid dienone is 2. The first-order chi connectivity index (χ1) is 11.3. The van der Waals surface area contributed by atoms with Crippen LogP contribution in [0.25, 0.3) is 0 Å². The fraction of sp³-hybridized carbons (Fsp3) is 0.444. The SMILES string of the molecule is CC1(C)CC(=O)C2=C(C1)NC(=O)C[C@@H]2c1cc2c(cc1Br)OCO2. The molecule has 0 aromatic heterocycles. The Kier molecular flexibility index (Phi) is 3.49. The standard InChI is InChI=1S/C18H18BrNO4/c1-18(2)6-12-17(13(21)7-18)10(4-16(22)20-12)9-3-14-15(5-11(9)19)24-8-23-14/h3,5,10H,4,6-8H2,1-2H3,(H,20,22)/t10-/m1/s1. The minimum atomic E-state index is -0.249. The van der Waals surface area contributed by atoms with Crippen molar-refractivity contribution in [3.8, 4) is 11.5 Å². The summed E-state index contributed by atoms with van der Waals surface area (Å²) in [4.78, 5) is 25.0. The lowest BCUT2D eigenvalue weighted by Crippen LogP contribution is -2.40. The average Bonchev–Trinajstić information content (AvgIpc) is 2.90. The van der Waals surface area contributed by atoms with Crippen molar-refractivity contribution in [2.45, 2.75) is 39.0 Å². The first-order valence-electron chi connectivity index (χ1n) is 7.99. The lowest BCUT2D eigenvalue weighted by molar-refractivity contribution is -0.122. The highest BCUT2D eigenvalue weighted by Crippen LogP contribution is 2.47. The average molecular weight is 392 g/mol. The molecule has 1 aliphatic carbocycles. The number of hydrogen-bond acceptors (Lipinski definition) is 4. The van der Waals surface area contributed by atoms with Crippen molar-refractivity contribution in [3.63, 3.8) is 0 Å². The van der Waals surface area contributed by atoms with Crippen LogP contribution in [0.4, 0.5) is 0 Å². The molecule has 5 nitrogen and oxygen atoms in total. The summed E-state index contributed by atoms with van der Waals surface area (Å²) in [5.74, 6) is 1.16. The van der Waals surface area contributed by atoms with E-state index in [1.807, 2.05) is 12.1 Å². The molecule has 0 radical (unpaired) electrons. The van der Waals surface area contributed by atoms with Crippen molar-refractivity contribution in [1.82, 2.24) is 5.32 Å². The van der Waals surface area contributed by atoms with Crippen LogP contribution in [0.5, 0.6) is 11.5 Å². The topological polar surface area (TPSA) is 64.6 Å². The molecule has 4 rings (SSSR count). The van der Waals surface area contributed by atoms with Crippen LogP contribution in [-0.4, -0.2) is 18.5 Å². The van der Waals surface area contributed by atoms with Gasteiger partial charge in [0.1, 0.15) is 0 Å². The third kappa shape index (κ3) is 2.53. The number of carbonyl (C=O) groups is 2. The molecule has 1 amide bonds.